The smallest absolute Gasteiger partial charge is 1.00 e. The van der Waals surface area contributed by atoms with Crippen LogP contribution in [0.2, 0.25) is 0 Å². The first kappa shape index (κ1) is 40.6. The van der Waals surface area contributed by atoms with Crippen LogP contribution in [0.1, 0.15) is 137 Å². The molecule has 0 spiro atoms. The summed E-state index contributed by atoms with van der Waals surface area (Å²) in [5, 5.41) is 3.45. The Hall–Kier alpha value is 0.501. The average Bonchev–Trinajstić information content (AvgIpc) is 3.08. The Labute approximate surface area is 269 Å². The first-order valence-corrected chi connectivity index (χ1v) is 17.4. The summed E-state index contributed by atoms with van der Waals surface area (Å²) in [6.07, 6.45) is 24.6. The summed E-state index contributed by atoms with van der Waals surface area (Å²) >= 11 is 2.43. The predicted octanol–water partition coefficient (Wildman–Crippen LogP) is 0.505. The van der Waals surface area contributed by atoms with Gasteiger partial charge in [0, 0.05) is 0 Å². The fourth-order valence-corrected chi connectivity index (χ4v) is 9.57. The van der Waals surface area contributed by atoms with E-state index in [-0.39, 0.29) is 46.7 Å². The molecule has 1 aromatic carbocycles. The topological polar surface area (TPSA) is 0 Å². The quantitative estimate of drug-likeness (QED) is 0.145. The number of halogens is 3. The summed E-state index contributed by atoms with van der Waals surface area (Å²) in [6.45, 7) is 9.53. The standard InChI is InChI=1S/C33H55Si.3ClH.Ti/c1-5-6-7-8-9-10-11-12-13-14-15-16-17-18-19-23-26-31-29(4)32(28(2)3)27-33(31)34-30-24-21-20-22-25-30;;;;/h20-22,24-25,28,31H,5-19,23,26,34H2,1-4H3;3*1H;/q;;;;+3/p-3. The zero-order chi connectivity index (χ0) is 25.3. The van der Waals surface area contributed by atoms with Crippen molar-refractivity contribution in [1.29, 1.82) is 0 Å². The zero-order valence-electron chi connectivity index (χ0n) is 24.9. The third kappa shape index (κ3) is 15.5. The van der Waals surface area contributed by atoms with Crippen LogP contribution in [0, 0.1) is 11.8 Å². The molecule has 1 aliphatic rings. The molecular weight excluding hydrogens is 579 g/mol. The maximum atomic E-state index is 2.45. The van der Waals surface area contributed by atoms with Gasteiger partial charge in [0.2, 0.25) is 0 Å². The molecule has 2 rings (SSSR count). The first-order chi connectivity index (χ1) is 17.1. The monoisotopic (exact) mass is 632 g/mol. The number of hydrogen-bond donors (Lipinski definition) is 0. The van der Waals surface area contributed by atoms with Gasteiger partial charge in [-0.3, -0.25) is 0 Å². The molecule has 216 valence electrons. The van der Waals surface area contributed by atoms with E-state index in [9.17, 15) is 0 Å². The minimum Gasteiger partial charge on any atom is -1.00 e. The van der Waals surface area contributed by atoms with Crippen LogP contribution in [0.4, 0.5) is 0 Å². The molecule has 0 bridgehead atoms. The molecule has 0 fully saturated rings. The summed E-state index contributed by atoms with van der Waals surface area (Å²) in [6, 6.07) is 11.3. The van der Waals surface area contributed by atoms with E-state index in [0.717, 1.165) is 5.92 Å². The molecule has 0 N–H and O–H groups in total. The van der Waals surface area contributed by atoms with Crippen LogP contribution >= 0.6 is 0 Å². The van der Waals surface area contributed by atoms with Crippen LogP contribution in [0.5, 0.6) is 0 Å². The molecule has 1 unspecified atom stereocenters. The van der Waals surface area contributed by atoms with Crippen LogP contribution in [-0.4, -0.2) is 9.52 Å². The molecular formula is C33H55Cl3SiTi. The molecule has 0 radical (unpaired) electrons. The molecule has 38 heavy (non-hydrogen) atoms. The number of benzene rings is 1. The van der Waals surface area contributed by atoms with Gasteiger partial charge < -0.3 is 37.2 Å². The zero-order valence-corrected chi connectivity index (χ0v) is 30.1. The normalized spacial score (nSPS) is 15.3. The number of allylic oxidation sites excluding steroid dienone is 4. The van der Waals surface area contributed by atoms with E-state index in [1.54, 1.807) is 20.2 Å². The van der Waals surface area contributed by atoms with Crippen molar-refractivity contribution in [3.05, 3.63) is 50.6 Å². The van der Waals surface area contributed by atoms with Crippen molar-refractivity contribution >= 4 is 14.7 Å². The Morgan fingerprint density at radius 1 is 0.684 bits per heavy atom. The molecule has 0 saturated heterocycles. The van der Waals surface area contributed by atoms with Gasteiger partial charge in [0.15, 0.2) is 0 Å². The van der Waals surface area contributed by atoms with Crippen molar-refractivity contribution in [2.75, 3.05) is 0 Å². The molecule has 5 heteroatoms. The Kier molecular flexibility index (Phi) is 27.0. The Bertz CT molecular complexity index is 761. The van der Waals surface area contributed by atoms with Crippen molar-refractivity contribution < 1.29 is 57.7 Å². The van der Waals surface area contributed by atoms with Gasteiger partial charge in [-0.05, 0) is 0 Å². The maximum absolute atomic E-state index is 2.45. The molecule has 0 heterocycles. The number of unbranched alkanes of at least 4 members (excludes halogenated alkanes) is 15. The molecule has 0 nitrogen and oxygen atoms in total. The Morgan fingerprint density at radius 3 is 1.53 bits per heavy atom. The molecule has 0 aliphatic heterocycles. The van der Waals surface area contributed by atoms with Crippen molar-refractivity contribution in [2.45, 2.75) is 137 Å². The van der Waals surface area contributed by atoms with E-state index in [0.29, 0.717) is 5.92 Å². The number of hydrogen-bond acceptors (Lipinski definition) is 0. The van der Waals surface area contributed by atoms with Gasteiger partial charge in [0.25, 0.3) is 0 Å². The Morgan fingerprint density at radius 2 is 1.11 bits per heavy atom. The second-order valence-electron chi connectivity index (χ2n) is 11.5. The minimum absolute atomic E-state index is 0. The van der Waals surface area contributed by atoms with Crippen molar-refractivity contribution in [2.24, 2.45) is 11.8 Å². The van der Waals surface area contributed by atoms with Gasteiger partial charge in [-0.25, -0.2) is 0 Å². The summed E-state index contributed by atoms with van der Waals surface area (Å²) in [4.78, 5) is 0. The summed E-state index contributed by atoms with van der Waals surface area (Å²) in [5.41, 5.74) is 3.39. The van der Waals surface area contributed by atoms with Gasteiger partial charge >= 0.3 is 176 Å². The fraction of sp³-hybridized carbons (Fsp3) is 0.697. The second kappa shape index (κ2) is 25.2. The van der Waals surface area contributed by atoms with E-state index < -0.39 is 0 Å². The molecule has 0 aromatic heterocycles. The Balaban J connectivity index is 0. The van der Waals surface area contributed by atoms with Crippen molar-refractivity contribution in [3.8, 4) is 0 Å². The largest absolute Gasteiger partial charge is 1.00 e. The van der Waals surface area contributed by atoms with Crippen LogP contribution in [0.15, 0.2) is 50.6 Å². The fourth-order valence-electron chi connectivity index (χ4n) is 6.05. The minimum atomic E-state index is -0.355. The summed E-state index contributed by atoms with van der Waals surface area (Å²) < 4.78 is 1.66. The van der Waals surface area contributed by atoms with Crippen LogP contribution in [0.3, 0.4) is 0 Å². The van der Waals surface area contributed by atoms with Gasteiger partial charge in [-0.15, -0.1) is 0 Å². The van der Waals surface area contributed by atoms with Gasteiger partial charge in [-0.2, -0.15) is 0 Å². The third-order valence-corrected chi connectivity index (χ3v) is 11.7. The maximum Gasteiger partial charge on any atom is -1.00 e. The van der Waals surface area contributed by atoms with Crippen molar-refractivity contribution in [1.82, 2.24) is 0 Å². The number of rotatable bonds is 20. The van der Waals surface area contributed by atoms with Gasteiger partial charge in [-0.1, -0.05) is 58.3 Å². The summed E-state index contributed by atoms with van der Waals surface area (Å²) in [7, 11) is -0.355. The van der Waals surface area contributed by atoms with Crippen LogP contribution < -0.4 is 42.4 Å². The van der Waals surface area contributed by atoms with E-state index in [4.69, 9.17) is 0 Å². The molecule has 1 aromatic rings. The second-order valence-corrected chi connectivity index (χ2v) is 14.2. The summed E-state index contributed by atoms with van der Waals surface area (Å²) in [5.74, 6) is 1.40. The molecule has 0 saturated carbocycles. The van der Waals surface area contributed by atoms with Gasteiger partial charge in [0.05, 0.1) is 0 Å². The van der Waals surface area contributed by atoms with Crippen LogP contribution in [-0.2, 0) is 20.4 Å². The molecule has 1 atom stereocenters. The first-order valence-electron chi connectivity index (χ1n) is 15.3. The van der Waals surface area contributed by atoms with Crippen LogP contribution in [0.25, 0.3) is 0 Å². The van der Waals surface area contributed by atoms with Gasteiger partial charge in [0.1, 0.15) is 0 Å². The predicted molar refractivity (Wildman–Crippen MR) is 157 cm³/mol. The van der Waals surface area contributed by atoms with Crippen molar-refractivity contribution in [3.63, 3.8) is 0 Å². The van der Waals surface area contributed by atoms with E-state index in [2.05, 4.69) is 78.5 Å². The van der Waals surface area contributed by atoms with E-state index in [1.807, 2.05) is 5.20 Å². The SMILES string of the molecule is CCCCCCCCCCCCCCCCCCC1C(C)=C(C(C)C)[C]([Ti+3])=C1[SiH2]c1ccccc1.[Cl-].[Cl-].[Cl-]. The van der Waals surface area contributed by atoms with E-state index in [1.165, 1.54) is 109 Å². The average molecular weight is 634 g/mol. The van der Waals surface area contributed by atoms with E-state index >= 15 is 0 Å². The molecule has 1 aliphatic carbocycles. The molecule has 0 amide bonds. The third-order valence-electron chi connectivity index (χ3n) is 8.12.